The maximum atomic E-state index is 5.52. The van der Waals surface area contributed by atoms with Crippen molar-refractivity contribution in [3.8, 4) is 5.75 Å². The van der Waals surface area contributed by atoms with Gasteiger partial charge in [0.2, 0.25) is 0 Å². The van der Waals surface area contributed by atoms with Crippen molar-refractivity contribution in [3.05, 3.63) is 45.3 Å². The van der Waals surface area contributed by atoms with Crippen LogP contribution in [0, 0.1) is 3.57 Å². The number of aromatic nitrogens is 2. The van der Waals surface area contributed by atoms with Crippen LogP contribution in [0.2, 0.25) is 0 Å². The first-order valence-electron chi connectivity index (χ1n) is 7.29. The molecule has 0 bridgehead atoms. The molecule has 21 heavy (non-hydrogen) atoms. The third-order valence-corrected chi connectivity index (χ3v) is 4.09. The molecule has 1 N–H and O–H groups in total. The minimum absolute atomic E-state index is 0.0945. The van der Waals surface area contributed by atoms with Crippen molar-refractivity contribution in [2.24, 2.45) is 0 Å². The van der Waals surface area contributed by atoms with Crippen LogP contribution in [-0.2, 0) is 6.54 Å². The predicted octanol–water partition coefficient (Wildman–Crippen LogP) is 3.61. The van der Waals surface area contributed by atoms with Crippen molar-refractivity contribution in [3.63, 3.8) is 0 Å². The second-order valence-corrected chi connectivity index (χ2v) is 6.10. The van der Waals surface area contributed by atoms with E-state index in [1.165, 1.54) is 9.13 Å². The lowest BCUT2D eigenvalue weighted by Crippen LogP contribution is -2.26. The first kappa shape index (κ1) is 16.3. The van der Waals surface area contributed by atoms with Crippen molar-refractivity contribution in [2.45, 2.75) is 32.9 Å². The Morgan fingerprint density at radius 3 is 2.81 bits per heavy atom. The van der Waals surface area contributed by atoms with Gasteiger partial charge in [0.05, 0.1) is 19.3 Å². The van der Waals surface area contributed by atoms with Gasteiger partial charge in [0.15, 0.2) is 5.75 Å². The molecule has 0 saturated carbocycles. The fourth-order valence-electron chi connectivity index (χ4n) is 2.43. The normalized spacial score (nSPS) is 12.4. The summed E-state index contributed by atoms with van der Waals surface area (Å²) in [6.45, 7) is 6.05. The zero-order valence-electron chi connectivity index (χ0n) is 12.8. The summed E-state index contributed by atoms with van der Waals surface area (Å²) in [6, 6.07) is 8.66. The largest absolute Gasteiger partial charge is 0.493 e. The Morgan fingerprint density at radius 2 is 2.19 bits per heavy atom. The highest BCUT2D eigenvalue weighted by molar-refractivity contribution is 14.1. The number of nitrogens with one attached hydrogen (secondary N) is 1. The summed E-state index contributed by atoms with van der Waals surface area (Å²) in [7, 11) is 1.70. The van der Waals surface area contributed by atoms with E-state index in [2.05, 4.69) is 71.1 Å². The zero-order valence-corrected chi connectivity index (χ0v) is 14.9. The fraction of sp³-hybridized carbons (Fsp3) is 0.438. The molecule has 2 aromatic rings. The quantitative estimate of drug-likeness (QED) is 0.724. The number of nitrogens with zero attached hydrogens (tertiary/aromatic N) is 2. The summed E-state index contributed by atoms with van der Waals surface area (Å²) in [4.78, 5) is 0. The molecule has 0 radical (unpaired) electrons. The van der Waals surface area contributed by atoms with Crippen LogP contribution in [0.4, 0.5) is 0 Å². The molecule has 1 aromatic heterocycles. The maximum Gasteiger partial charge on any atom is 0.161 e. The number of aryl methyl sites for hydroxylation is 1. The number of ether oxygens (including phenoxy) is 1. The van der Waals surface area contributed by atoms with Crippen LogP contribution in [-0.4, -0.2) is 23.4 Å². The molecule has 0 aliphatic rings. The monoisotopic (exact) mass is 399 g/mol. The van der Waals surface area contributed by atoms with E-state index in [1.807, 2.05) is 4.68 Å². The molecule has 0 amide bonds. The summed E-state index contributed by atoms with van der Waals surface area (Å²) < 4.78 is 8.75. The number of hydrogen-bond donors (Lipinski definition) is 1. The van der Waals surface area contributed by atoms with Crippen molar-refractivity contribution >= 4 is 22.6 Å². The van der Waals surface area contributed by atoms with Crippen LogP contribution in [0.5, 0.6) is 5.75 Å². The van der Waals surface area contributed by atoms with Gasteiger partial charge < -0.3 is 10.1 Å². The third-order valence-electron chi connectivity index (χ3n) is 3.42. The molecule has 1 unspecified atom stereocenters. The van der Waals surface area contributed by atoms with Crippen molar-refractivity contribution in [1.82, 2.24) is 15.1 Å². The number of halogens is 1. The first-order valence-corrected chi connectivity index (χ1v) is 8.37. The van der Waals surface area contributed by atoms with Gasteiger partial charge in [0.1, 0.15) is 5.69 Å². The molecule has 114 valence electrons. The Labute approximate surface area is 140 Å². The number of methoxy groups -OCH3 is 1. The van der Waals surface area contributed by atoms with Gasteiger partial charge in [-0.05, 0) is 60.2 Å². The Balaban J connectivity index is 2.47. The molecule has 0 fully saturated rings. The standard InChI is InChI=1S/C16H22IN3O/c1-4-9-18-15(12-7-6-8-13(17)10-12)16-14(21-3)11-19-20(16)5-2/h6-8,10-11,15,18H,4-5,9H2,1-3H3. The Morgan fingerprint density at radius 1 is 1.38 bits per heavy atom. The smallest absolute Gasteiger partial charge is 0.161 e. The average Bonchev–Trinajstić information content (AvgIpc) is 2.91. The van der Waals surface area contributed by atoms with Gasteiger partial charge in [0.25, 0.3) is 0 Å². The SMILES string of the molecule is CCCNC(c1cccc(I)c1)c1c(OC)cnn1CC. The Hall–Kier alpha value is -1.08. The van der Waals surface area contributed by atoms with Crippen molar-refractivity contribution in [2.75, 3.05) is 13.7 Å². The van der Waals surface area contributed by atoms with Gasteiger partial charge >= 0.3 is 0 Å². The molecule has 1 heterocycles. The van der Waals surface area contributed by atoms with Crippen LogP contribution in [0.1, 0.15) is 37.6 Å². The molecule has 1 aromatic carbocycles. The van der Waals surface area contributed by atoms with E-state index in [-0.39, 0.29) is 6.04 Å². The lowest BCUT2D eigenvalue weighted by atomic mass is 10.0. The Bertz CT molecular complexity index is 561. The van der Waals surface area contributed by atoms with E-state index in [4.69, 9.17) is 4.74 Å². The highest BCUT2D eigenvalue weighted by Crippen LogP contribution is 2.30. The van der Waals surface area contributed by atoms with E-state index in [9.17, 15) is 0 Å². The third kappa shape index (κ3) is 3.77. The van der Waals surface area contributed by atoms with Gasteiger partial charge in [-0.25, -0.2) is 0 Å². The second-order valence-electron chi connectivity index (χ2n) is 4.86. The predicted molar refractivity (Wildman–Crippen MR) is 93.7 cm³/mol. The van der Waals surface area contributed by atoms with Crippen molar-refractivity contribution in [1.29, 1.82) is 0 Å². The maximum absolute atomic E-state index is 5.52. The van der Waals surface area contributed by atoms with Crippen molar-refractivity contribution < 1.29 is 4.74 Å². The number of benzene rings is 1. The summed E-state index contributed by atoms with van der Waals surface area (Å²) in [5, 5.41) is 8.05. The molecule has 4 nitrogen and oxygen atoms in total. The Kier molecular flexibility index (Phi) is 6.05. The van der Waals surface area contributed by atoms with Gasteiger partial charge in [0, 0.05) is 10.1 Å². The van der Waals surface area contributed by atoms with Gasteiger partial charge in [-0.1, -0.05) is 19.1 Å². The molecule has 0 saturated heterocycles. The summed E-state index contributed by atoms with van der Waals surface area (Å²) in [6.07, 6.45) is 2.89. The van der Waals surface area contributed by atoms with E-state index in [1.54, 1.807) is 13.3 Å². The fourth-order valence-corrected chi connectivity index (χ4v) is 2.99. The molecule has 5 heteroatoms. The molecule has 0 aliphatic heterocycles. The van der Waals surface area contributed by atoms with Crippen LogP contribution in [0.25, 0.3) is 0 Å². The number of rotatable bonds is 7. The average molecular weight is 399 g/mol. The van der Waals surface area contributed by atoms with E-state index < -0.39 is 0 Å². The highest BCUT2D eigenvalue weighted by atomic mass is 127. The summed E-state index contributed by atoms with van der Waals surface area (Å²) in [5.41, 5.74) is 2.33. The minimum atomic E-state index is 0.0945. The minimum Gasteiger partial charge on any atom is -0.493 e. The first-order chi connectivity index (χ1) is 10.2. The molecule has 0 aliphatic carbocycles. The molecule has 0 spiro atoms. The zero-order chi connectivity index (χ0) is 15.2. The van der Waals surface area contributed by atoms with E-state index in [0.717, 1.165) is 31.0 Å². The lowest BCUT2D eigenvalue weighted by Gasteiger charge is -2.21. The molecule has 2 rings (SSSR count). The van der Waals surface area contributed by atoms with Crippen LogP contribution in [0.15, 0.2) is 30.5 Å². The van der Waals surface area contributed by atoms with Crippen LogP contribution < -0.4 is 10.1 Å². The number of hydrogen-bond acceptors (Lipinski definition) is 3. The van der Waals surface area contributed by atoms with Gasteiger partial charge in [-0.15, -0.1) is 0 Å². The van der Waals surface area contributed by atoms with Gasteiger partial charge in [-0.2, -0.15) is 5.10 Å². The van der Waals surface area contributed by atoms with Crippen LogP contribution in [0.3, 0.4) is 0 Å². The van der Waals surface area contributed by atoms with Gasteiger partial charge in [-0.3, -0.25) is 4.68 Å². The molecular formula is C16H22IN3O. The van der Waals surface area contributed by atoms with Crippen LogP contribution >= 0.6 is 22.6 Å². The van der Waals surface area contributed by atoms with E-state index in [0.29, 0.717) is 0 Å². The summed E-state index contributed by atoms with van der Waals surface area (Å²) >= 11 is 2.35. The highest BCUT2D eigenvalue weighted by Gasteiger charge is 2.22. The second kappa shape index (κ2) is 7.79. The topological polar surface area (TPSA) is 39.1 Å². The molecule has 1 atom stereocenters. The summed E-state index contributed by atoms with van der Waals surface area (Å²) in [5.74, 6) is 0.837. The molecular weight excluding hydrogens is 377 g/mol. The lowest BCUT2D eigenvalue weighted by molar-refractivity contribution is 0.398. The van der Waals surface area contributed by atoms with E-state index >= 15 is 0 Å².